The standard InChI is InChI=1S/C19H17FN4O2/c1-2-26-18-12-11-17(23-24-18)13-3-7-15(8-4-13)21-19(25)22-16-9-5-14(20)6-10-16/h3-12H,2H2,1H3,(H2,21,22,25). The summed E-state index contributed by atoms with van der Waals surface area (Å²) in [6.07, 6.45) is 0. The molecule has 1 heterocycles. The molecule has 6 nitrogen and oxygen atoms in total. The van der Waals surface area contributed by atoms with Gasteiger partial charge in [0.25, 0.3) is 0 Å². The smallest absolute Gasteiger partial charge is 0.323 e. The fraction of sp³-hybridized carbons (Fsp3) is 0.105. The quantitative estimate of drug-likeness (QED) is 0.717. The summed E-state index contributed by atoms with van der Waals surface area (Å²) in [5.74, 6) is 0.121. The minimum atomic E-state index is -0.412. The molecule has 1 aromatic heterocycles. The average Bonchev–Trinajstić information content (AvgIpc) is 2.65. The maximum atomic E-state index is 12.9. The molecule has 2 N–H and O–H groups in total. The third-order valence-corrected chi connectivity index (χ3v) is 3.47. The van der Waals surface area contributed by atoms with Gasteiger partial charge in [-0.05, 0) is 49.4 Å². The van der Waals surface area contributed by atoms with Crippen molar-refractivity contribution >= 4 is 17.4 Å². The minimum Gasteiger partial charge on any atom is -0.477 e. The number of benzene rings is 2. The molecule has 0 fully saturated rings. The van der Waals surface area contributed by atoms with Crippen LogP contribution in [-0.2, 0) is 0 Å². The molecule has 3 aromatic rings. The van der Waals surface area contributed by atoms with E-state index >= 15 is 0 Å². The molecule has 0 radical (unpaired) electrons. The van der Waals surface area contributed by atoms with Crippen LogP contribution in [0.25, 0.3) is 11.3 Å². The molecular weight excluding hydrogens is 335 g/mol. The van der Waals surface area contributed by atoms with E-state index in [1.54, 1.807) is 18.2 Å². The van der Waals surface area contributed by atoms with Crippen molar-refractivity contribution in [1.29, 1.82) is 0 Å². The van der Waals surface area contributed by atoms with Gasteiger partial charge >= 0.3 is 6.03 Å². The van der Waals surface area contributed by atoms with Crippen molar-refractivity contribution in [1.82, 2.24) is 10.2 Å². The van der Waals surface area contributed by atoms with E-state index < -0.39 is 6.03 Å². The Labute approximate surface area is 150 Å². The number of urea groups is 1. The van der Waals surface area contributed by atoms with Gasteiger partial charge in [-0.1, -0.05) is 12.1 Å². The molecule has 0 bridgehead atoms. The number of amides is 2. The van der Waals surface area contributed by atoms with Crippen molar-refractivity contribution < 1.29 is 13.9 Å². The lowest BCUT2D eigenvalue weighted by Gasteiger charge is -2.08. The summed E-state index contributed by atoms with van der Waals surface area (Å²) in [6.45, 7) is 2.42. The maximum Gasteiger partial charge on any atom is 0.323 e. The summed E-state index contributed by atoms with van der Waals surface area (Å²) in [4.78, 5) is 12.0. The Morgan fingerprint density at radius 3 is 2.08 bits per heavy atom. The number of nitrogens with zero attached hydrogens (tertiary/aromatic N) is 2. The van der Waals surface area contributed by atoms with E-state index in [9.17, 15) is 9.18 Å². The molecule has 0 saturated carbocycles. The van der Waals surface area contributed by atoms with Gasteiger partial charge in [-0.3, -0.25) is 0 Å². The summed E-state index contributed by atoms with van der Waals surface area (Å²) in [7, 11) is 0. The highest BCUT2D eigenvalue weighted by Gasteiger charge is 2.05. The van der Waals surface area contributed by atoms with Crippen LogP contribution in [0.2, 0.25) is 0 Å². The molecular formula is C19H17FN4O2. The highest BCUT2D eigenvalue weighted by Crippen LogP contribution is 2.20. The maximum absolute atomic E-state index is 12.9. The normalized spacial score (nSPS) is 10.2. The highest BCUT2D eigenvalue weighted by molar-refractivity contribution is 5.99. The number of anilines is 2. The van der Waals surface area contributed by atoms with Crippen molar-refractivity contribution in [3.05, 3.63) is 66.5 Å². The van der Waals surface area contributed by atoms with Gasteiger partial charge in [-0.25, -0.2) is 9.18 Å². The van der Waals surface area contributed by atoms with Crippen molar-refractivity contribution in [2.24, 2.45) is 0 Å². The lowest BCUT2D eigenvalue weighted by molar-refractivity contribution is 0.262. The fourth-order valence-corrected chi connectivity index (χ4v) is 2.25. The van der Waals surface area contributed by atoms with E-state index in [1.807, 2.05) is 25.1 Å². The number of nitrogens with one attached hydrogen (secondary N) is 2. The number of ether oxygens (including phenoxy) is 1. The molecule has 7 heteroatoms. The van der Waals surface area contributed by atoms with Gasteiger partial charge in [0, 0.05) is 23.0 Å². The van der Waals surface area contributed by atoms with E-state index in [2.05, 4.69) is 20.8 Å². The Balaban J connectivity index is 1.61. The molecule has 132 valence electrons. The lowest BCUT2D eigenvalue weighted by atomic mass is 10.1. The van der Waals surface area contributed by atoms with Crippen molar-refractivity contribution in [2.75, 3.05) is 17.2 Å². The number of aromatic nitrogens is 2. The Hall–Kier alpha value is -3.48. The first-order chi connectivity index (χ1) is 12.6. The van der Waals surface area contributed by atoms with E-state index in [0.717, 1.165) is 5.56 Å². The summed E-state index contributed by atoms with van der Waals surface area (Å²) in [5, 5.41) is 13.4. The zero-order valence-corrected chi connectivity index (χ0v) is 14.1. The van der Waals surface area contributed by atoms with E-state index in [-0.39, 0.29) is 5.82 Å². The van der Waals surface area contributed by atoms with Crippen LogP contribution in [0.15, 0.2) is 60.7 Å². The topological polar surface area (TPSA) is 76.1 Å². The Morgan fingerprint density at radius 2 is 1.54 bits per heavy atom. The molecule has 0 saturated heterocycles. The first kappa shape index (κ1) is 17.3. The minimum absolute atomic E-state index is 0.357. The second kappa shape index (κ2) is 8.06. The predicted octanol–water partition coefficient (Wildman–Crippen LogP) is 4.33. The third-order valence-electron chi connectivity index (χ3n) is 3.47. The van der Waals surface area contributed by atoms with Crippen molar-refractivity contribution in [2.45, 2.75) is 6.92 Å². The molecule has 2 aromatic carbocycles. The van der Waals surface area contributed by atoms with Crippen LogP contribution in [0.3, 0.4) is 0 Å². The van der Waals surface area contributed by atoms with Crippen LogP contribution in [0.5, 0.6) is 5.88 Å². The molecule has 0 aliphatic heterocycles. The van der Waals surface area contributed by atoms with E-state index in [1.165, 1.54) is 24.3 Å². The Kier molecular flexibility index (Phi) is 5.38. The van der Waals surface area contributed by atoms with E-state index in [0.29, 0.717) is 29.6 Å². The van der Waals surface area contributed by atoms with Gasteiger partial charge in [0.2, 0.25) is 5.88 Å². The highest BCUT2D eigenvalue weighted by atomic mass is 19.1. The molecule has 2 amide bonds. The largest absolute Gasteiger partial charge is 0.477 e. The SMILES string of the molecule is CCOc1ccc(-c2ccc(NC(=O)Nc3ccc(F)cc3)cc2)nn1. The number of hydrogen-bond donors (Lipinski definition) is 2. The monoisotopic (exact) mass is 352 g/mol. The van der Waals surface area contributed by atoms with Crippen LogP contribution >= 0.6 is 0 Å². The molecule has 3 rings (SSSR count). The zero-order chi connectivity index (χ0) is 18.4. The fourth-order valence-electron chi connectivity index (χ4n) is 2.25. The summed E-state index contributed by atoms with van der Waals surface area (Å²) >= 11 is 0. The van der Waals surface area contributed by atoms with E-state index in [4.69, 9.17) is 4.74 Å². The van der Waals surface area contributed by atoms with Gasteiger partial charge < -0.3 is 15.4 Å². The Morgan fingerprint density at radius 1 is 0.923 bits per heavy atom. The molecule has 0 spiro atoms. The predicted molar refractivity (Wildman–Crippen MR) is 97.7 cm³/mol. The molecule has 0 aliphatic carbocycles. The van der Waals surface area contributed by atoms with Gasteiger partial charge in [0.1, 0.15) is 5.82 Å². The molecule has 0 aliphatic rings. The van der Waals surface area contributed by atoms with Gasteiger partial charge in [-0.2, -0.15) is 0 Å². The lowest BCUT2D eigenvalue weighted by Crippen LogP contribution is -2.19. The summed E-state index contributed by atoms with van der Waals surface area (Å²) in [5.41, 5.74) is 2.69. The molecule has 0 atom stereocenters. The van der Waals surface area contributed by atoms with Crippen molar-refractivity contribution in [3.8, 4) is 17.1 Å². The second-order valence-electron chi connectivity index (χ2n) is 5.35. The van der Waals surface area contributed by atoms with Crippen LogP contribution in [-0.4, -0.2) is 22.8 Å². The number of carbonyl (C=O) groups is 1. The summed E-state index contributed by atoms with van der Waals surface area (Å²) in [6, 6.07) is 15.9. The van der Waals surface area contributed by atoms with Crippen LogP contribution in [0, 0.1) is 5.82 Å². The Bertz CT molecular complexity index is 866. The first-order valence-corrected chi connectivity index (χ1v) is 8.04. The number of rotatable bonds is 5. The number of hydrogen-bond acceptors (Lipinski definition) is 4. The summed E-state index contributed by atoms with van der Waals surface area (Å²) < 4.78 is 18.1. The zero-order valence-electron chi connectivity index (χ0n) is 14.1. The first-order valence-electron chi connectivity index (χ1n) is 8.04. The van der Waals surface area contributed by atoms with Gasteiger partial charge in [-0.15, -0.1) is 10.2 Å². The number of carbonyl (C=O) groups excluding carboxylic acids is 1. The second-order valence-corrected chi connectivity index (χ2v) is 5.35. The van der Waals surface area contributed by atoms with Crippen LogP contribution in [0.4, 0.5) is 20.6 Å². The third kappa shape index (κ3) is 4.54. The van der Waals surface area contributed by atoms with Crippen LogP contribution in [0.1, 0.15) is 6.92 Å². The average molecular weight is 352 g/mol. The van der Waals surface area contributed by atoms with Crippen molar-refractivity contribution in [3.63, 3.8) is 0 Å². The molecule has 0 unspecified atom stereocenters. The molecule has 26 heavy (non-hydrogen) atoms. The van der Waals surface area contributed by atoms with Gasteiger partial charge in [0.15, 0.2) is 0 Å². The van der Waals surface area contributed by atoms with Crippen LogP contribution < -0.4 is 15.4 Å². The number of halogens is 1. The van der Waals surface area contributed by atoms with Gasteiger partial charge in [0.05, 0.1) is 12.3 Å².